The lowest BCUT2D eigenvalue weighted by Gasteiger charge is -2.22. The molecule has 1 aromatic rings. The van der Waals surface area contributed by atoms with E-state index < -0.39 is 17.7 Å². The SMILES string of the molecule is CC1=C(C(=O)OCc2ccccc2)[C@@H]2CC(=O)O[C@]2(C)O1. The van der Waals surface area contributed by atoms with Gasteiger partial charge in [0.2, 0.25) is 0 Å². The third-order valence-electron chi connectivity index (χ3n) is 3.84. The van der Waals surface area contributed by atoms with Crippen LogP contribution >= 0.6 is 0 Å². The molecule has 0 aromatic heterocycles. The molecule has 110 valence electrons. The first-order valence-electron chi connectivity index (χ1n) is 6.82. The van der Waals surface area contributed by atoms with E-state index in [1.807, 2.05) is 30.3 Å². The van der Waals surface area contributed by atoms with E-state index in [9.17, 15) is 9.59 Å². The number of allylic oxidation sites excluding steroid dienone is 1. The lowest BCUT2D eigenvalue weighted by Crippen LogP contribution is -2.31. The van der Waals surface area contributed by atoms with Gasteiger partial charge in [-0.05, 0) is 12.5 Å². The maximum Gasteiger partial charge on any atom is 0.338 e. The number of hydrogen-bond acceptors (Lipinski definition) is 5. The molecule has 0 radical (unpaired) electrons. The van der Waals surface area contributed by atoms with E-state index >= 15 is 0 Å². The second kappa shape index (κ2) is 4.91. The fourth-order valence-corrected chi connectivity index (χ4v) is 2.84. The molecule has 0 amide bonds. The van der Waals surface area contributed by atoms with Gasteiger partial charge < -0.3 is 14.2 Å². The fourth-order valence-electron chi connectivity index (χ4n) is 2.84. The minimum Gasteiger partial charge on any atom is -0.457 e. The van der Waals surface area contributed by atoms with E-state index in [0.717, 1.165) is 5.56 Å². The zero-order valence-electron chi connectivity index (χ0n) is 11.9. The molecule has 2 aliphatic rings. The first kappa shape index (κ1) is 13.7. The highest BCUT2D eigenvalue weighted by atomic mass is 16.7. The summed E-state index contributed by atoms with van der Waals surface area (Å²) in [6.07, 6.45) is 0.142. The Labute approximate surface area is 122 Å². The number of carbonyl (C=O) groups is 2. The Bertz CT molecular complexity index is 619. The number of fused-ring (bicyclic) bond motifs is 1. The van der Waals surface area contributed by atoms with Crippen LogP contribution in [0.2, 0.25) is 0 Å². The van der Waals surface area contributed by atoms with E-state index in [1.54, 1.807) is 13.8 Å². The third-order valence-corrected chi connectivity index (χ3v) is 3.84. The summed E-state index contributed by atoms with van der Waals surface area (Å²) in [5.41, 5.74) is 1.31. The second-order valence-electron chi connectivity index (χ2n) is 5.38. The maximum atomic E-state index is 12.3. The highest BCUT2D eigenvalue weighted by Gasteiger charge is 2.56. The van der Waals surface area contributed by atoms with Crippen molar-refractivity contribution in [1.29, 1.82) is 0 Å². The Morgan fingerprint density at radius 3 is 2.76 bits per heavy atom. The molecule has 3 rings (SSSR count). The quantitative estimate of drug-likeness (QED) is 0.799. The molecule has 0 spiro atoms. The number of hydrogen-bond donors (Lipinski definition) is 0. The predicted molar refractivity (Wildman–Crippen MR) is 72.6 cm³/mol. The first-order chi connectivity index (χ1) is 9.99. The normalized spacial score (nSPS) is 27.1. The lowest BCUT2D eigenvalue weighted by molar-refractivity contribution is -0.188. The molecule has 5 heteroatoms. The zero-order chi connectivity index (χ0) is 15.0. The van der Waals surface area contributed by atoms with Crippen LogP contribution in [0.3, 0.4) is 0 Å². The molecular weight excluding hydrogens is 272 g/mol. The number of carbonyl (C=O) groups excluding carboxylic acids is 2. The first-order valence-corrected chi connectivity index (χ1v) is 6.82. The van der Waals surface area contributed by atoms with Gasteiger partial charge >= 0.3 is 11.9 Å². The van der Waals surface area contributed by atoms with Crippen LogP contribution in [0.15, 0.2) is 41.7 Å². The van der Waals surface area contributed by atoms with Crippen molar-refractivity contribution in [2.75, 3.05) is 0 Å². The van der Waals surface area contributed by atoms with E-state index in [0.29, 0.717) is 11.3 Å². The van der Waals surface area contributed by atoms with Gasteiger partial charge in [0.15, 0.2) is 0 Å². The molecule has 1 saturated heterocycles. The van der Waals surface area contributed by atoms with Gasteiger partial charge in [0.25, 0.3) is 5.79 Å². The van der Waals surface area contributed by atoms with Crippen LogP contribution in [0.4, 0.5) is 0 Å². The van der Waals surface area contributed by atoms with Crippen LogP contribution in [-0.2, 0) is 30.4 Å². The van der Waals surface area contributed by atoms with Crippen molar-refractivity contribution in [2.45, 2.75) is 32.7 Å². The van der Waals surface area contributed by atoms with Crippen molar-refractivity contribution in [2.24, 2.45) is 5.92 Å². The van der Waals surface area contributed by atoms with Gasteiger partial charge in [0.05, 0.1) is 17.9 Å². The molecule has 5 nitrogen and oxygen atoms in total. The summed E-state index contributed by atoms with van der Waals surface area (Å²) >= 11 is 0. The van der Waals surface area contributed by atoms with Crippen LogP contribution in [0.5, 0.6) is 0 Å². The van der Waals surface area contributed by atoms with Crippen molar-refractivity contribution in [3.8, 4) is 0 Å². The van der Waals surface area contributed by atoms with Crippen LogP contribution < -0.4 is 0 Å². The summed E-state index contributed by atoms with van der Waals surface area (Å²) in [5.74, 6) is -1.81. The molecular formula is C16H16O5. The maximum absolute atomic E-state index is 12.3. The second-order valence-corrected chi connectivity index (χ2v) is 5.38. The van der Waals surface area contributed by atoms with Crippen molar-refractivity contribution >= 4 is 11.9 Å². The summed E-state index contributed by atoms with van der Waals surface area (Å²) in [6.45, 7) is 3.55. The van der Waals surface area contributed by atoms with Gasteiger partial charge in [-0.3, -0.25) is 4.79 Å². The molecule has 1 aromatic carbocycles. The molecule has 0 unspecified atom stereocenters. The largest absolute Gasteiger partial charge is 0.457 e. The van der Waals surface area contributed by atoms with Crippen LogP contribution in [-0.4, -0.2) is 17.7 Å². The number of ether oxygens (including phenoxy) is 3. The van der Waals surface area contributed by atoms with Crippen LogP contribution in [0, 0.1) is 5.92 Å². The Morgan fingerprint density at radius 1 is 1.33 bits per heavy atom. The highest BCUT2D eigenvalue weighted by molar-refractivity contribution is 5.92. The summed E-state index contributed by atoms with van der Waals surface area (Å²) < 4.78 is 16.1. The van der Waals surface area contributed by atoms with Gasteiger partial charge in [-0.1, -0.05) is 30.3 Å². The Hall–Kier alpha value is -2.30. The van der Waals surface area contributed by atoms with Crippen molar-refractivity contribution < 1.29 is 23.8 Å². The Morgan fingerprint density at radius 2 is 2.05 bits per heavy atom. The van der Waals surface area contributed by atoms with Crippen LogP contribution in [0.1, 0.15) is 25.8 Å². The molecule has 0 bridgehead atoms. The summed E-state index contributed by atoms with van der Waals surface area (Å²) in [7, 11) is 0. The van der Waals surface area contributed by atoms with Crippen molar-refractivity contribution in [3.05, 3.63) is 47.2 Å². The summed E-state index contributed by atoms with van der Waals surface area (Å²) in [6, 6.07) is 9.42. The topological polar surface area (TPSA) is 61.8 Å². The number of esters is 2. The summed E-state index contributed by atoms with van der Waals surface area (Å²) in [5, 5.41) is 0. The molecule has 2 atom stereocenters. The Kier molecular flexibility index (Phi) is 3.20. The third kappa shape index (κ3) is 2.39. The average molecular weight is 288 g/mol. The standard InChI is InChI=1S/C16H16O5/c1-10-14(12-8-13(17)21-16(12,2)20-10)15(18)19-9-11-6-4-3-5-7-11/h3-7,12H,8-9H2,1-2H3/t12-,16-/m0/s1. The van der Waals surface area contributed by atoms with E-state index in [-0.39, 0.29) is 19.0 Å². The predicted octanol–water partition coefficient (Wildman–Crippen LogP) is 2.31. The molecule has 0 N–H and O–H groups in total. The monoisotopic (exact) mass is 288 g/mol. The molecule has 2 aliphatic heterocycles. The van der Waals surface area contributed by atoms with E-state index in [4.69, 9.17) is 14.2 Å². The number of rotatable bonds is 3. The van der Waals surface area contributed by atoms with Crippen molar-refractivity contribution in [3.63, 3.8) is 0 Å². The van der Waals surface area contributed by atoms with Gasteiger partial charge in [0, 0.05) is 6.92 Å². The highest BCUT2D eigenvalue weighted by Crippen LogP contribution is 2.47. The minimum atomic E-state index is -1.07. The molecule has 21 heavy (non-hydrogen) atoms. The average Bonchev–Trinajstić information content (AvgIpc) is 2.84. The van der Waals surface area contributed by atoms with Gasteiger partial charge in [-0.2, -0.15) is 0 Å². The van der Waals surface area contributed by atoms with Gasteiger partial charge in [-0.15, -0.1) is 0 Å². The lowest BCUT2D eigenvalue weighted by atomic mass is 9.92. The van der Waals surface area contributed by atoms with E-state index in [2.05, 4.69) is 0 Å². The minimum absolute atomic E-state index is 0.142. The Balaban J connectivity index is 1.72. The summed E-state index contributed by atoms with van der Waals surface area (Å²) in [4.78, 5) is 23.7. The fraction of sp³-hybridized carbons (Fsp3) is 0.375. The smallest absolute Gasteiger partial charge is 0.338 e. The zero-order valence-corrected chi connectivity index (χ0v) is 11.9. The number of benzene rings is 1. The molecule has 1 fully saturated rings. The van der Waals surface area contributed by atoms with Crippen molar-refractivity contribution in [1.82, 2.24) is 0 Å². The molecule has 2 heterocycles. The van der Waals surface area contributed by atoms with E-state index in [1.165, 1.54) is 0 Å². The molecule has 0 saturated carbocycles. The molecule has 0 aliphatic carbocycles. The van der Waals surface area contributed by atoms with Crippen LogP contribution in [0.25, 0.3) is 0 Å². The van der Waals surface area contributed by atoms with Gasteiger partial charge in [-0.25, -0.2) is 4.79 Å². The van der Waals surface area contributed by atoms with Gasteiger partial charge in [0.1, 0.15) is 12.4 Å².